The number of ether oxygens (including phenoxy) is 1. The Morgan fingerprint density at radius 3 is 2.48 bits per heavy atom. The number of rotatable bonds is 5. The predicted molar refractivity (Wildman–Crippen MR) is 92.6 cm³/mol. The van der Waals surface area contributed by atoms with E-state index in [-0.39, 0.29) is 36.7 Å². The Kier molecular flexibility index (Phi) is 6.76. The summed E-state index contributed by atoms with van der Waals surface area (Å²) in [6, 6.07) is 0.0491. The minimum absolute atomic E-state index is 0. The zero-order valence-corrected chi connectivity index (χ0v) is 16.5. The van der Waals surface area contributed by atoms with Crippen LogP contribution in [0, 0.1) is 5.92 Å². The Balaban J connectivity index is 0.00000261. The van der Waals surface area contributed by atoms with Gasteiger partial charge in [-0.3, -0.25) is 0 Å². The smallest absolute Gasteiger partial charge is 0.543 e. The van der Waals surface area contributed by atoms with E-state index in [9.17, 15) is 14.7 Å². The first-order chi connectivity index (χ1) is 12.2. The fourth-order valence-electron chi connectivity index (χ4n) is 3.07. The first-order valence-electron chi connectivity index (χ1n) is 9.01. The van der Waals surface area contributed by atoms with Gasteiger partial charge in [-0.05, 0) is 46.0 Å². The van der Waals surface area contributed by atoms with E-state index in [0.717, 1.165) is 32.4 Å². The molecule has 0 aromatic carbocycles. The summed E-state index contributed by atoms with van der Waals surface area (Å²) in [5.41, 5.74) is -0.711. The number of hydrogen-bond donors (Lipinski definition) is 0. The van der Waals surface area contributed by atoms with Gasteiger partial charge in [0.2, 0.25) is 0 Å². The molecule has 2 heterocycles. The van der Waals surface area contributed by atoms with E-state index in [1.165, 1.54) is 12.4 Å². The molecule has 3 rings (SSSR count). The summed E-state index contributed by atoms with van der Waals surface area (Å²) in [7, 11) is 0. The Hall–Kier alpha value is -1.78. The number of anilines is 1. The molecule has 9 heteroatoms. The maximum atomic E-state index is 12.7. The number of carboxylic acids is 1. The average Bonchev–Trinajstić information content (AvgIpc) is 3.25. The van der Waals surface area contributed by atoms with Crippen molar-refractivity contribution in [2.45, 2.75) is 51.7 Å². The van der Waals surface area contributed by atoms with Crippen LogP contribution in [0.15, 0.2) is 12.4 Å². The fourth-order valence-corrected chi connectivity index (χ4v) is 3.07. The van der Waals surface area contributed by atoms with Crippen LogP contribution in [0.25, 0.3) is 0 Å². The molecule has 0 spiro atoms. The molecule has 1 aromatic rings. The van der Waals surface area contributed by atoms with Gasteiger partial charge in [0.25, 0.3) is 0 Å². The number of aromatic nitrogens is 2. The molecule has 0 bridgehead atoms. The number of carbonyl (C=O) groups excluding carboxylic acids is 2. The topological polar surface area (TPSA) is 98.7 Å². The first kappa shape index (κ1) is 21.5. The van der Waals surface area contributed by atoms with E-state index in [0.29, 0.717) is 18.3 Å². The van der Waals surface area contributed by atoms with Crippen molar-refractivity contribution in [3.8, 4) is 0 Å². The van der Waals surface area contributed by atoms with E-state index in [1.54, 1.807) is 0 Å². The summed E-state index contributed by atoms with van der Waals surface area (Å²) in [5, 5.41) is 10.8. The molecule has 0 radical (unpaired) electrons. The van der Waals surface area contributed by atoms with Crippen LogP contribution >= 0.6 is 0 Å². The molecule has 1 atom stereocenters. The molecule has 142 valence electrons. The van der Waals surface area contributed by atoms with Crippen LogP contribution in [0.1, 0.15) is 50.5 Å². The van der Waals surface area contributed by atoms with Crippen molar-refractivity contribution in [2.24, 2.45) is 5.92 Å². The third-order valence-corrected chi connectivity index (χ3v) is 4.56. The summed E-state index contributed by atoms with van der Waals surface area (Å²) in [6.45, 7) is 7.70. The van der Waals surface area contributed by atoms with Gasteiger partial charge in [0.15, 0.2) is 0 Å². The number of hydrogen-bond acceptors (Lipinski definition) is 7. The van der Waals surface area contributed by atoms with Crippen molar-refractivity contribution in [3.63, 3.8) is 0 Å². The summed E-state index contributed by atoms with van der Waals surface area (Å²) >= 11 is 0. The molecule has 1 amide bonds. The molecule has 0 unspecified atom stereocenters. The van der Waals surface area contributed by atoms with Crippen molar-refractivity contribution in [2.75, 3.05) is 24.5 Å². The predicted octanol–water partition coefficient (Wildman–Crippen LogP) is -1.93. The number of carbonyl (C=O) groups is 2. The number of amides is 1. The van der Waals surface area contributed by atoms with Crippen molar-refractivity contribution in [1.29, 1.82) is 0 Å². The van der Waals surface area contributed by atoms with Crippen LogP contribution in [0.2, 0.25) is 0 Å². The Labute approximate surface area is 171 Å². The summed E-state index contributed by atoms with van der Waals surface area (Å²) < 4.78 is 5.59. The maximum Gasteiger partial charge on any atom is 1.00 e. The minimum Gasteiger partial charge on any atom is -0.543 e. The molecule has 2 fully saturated rings. The molecule has 1 saturated heterocycles. The van der Waals surface area contributed by atoms with Gasteiger partial charge >= 0.3 is 25.0 Å². The number of nitrogens with zero attached hydrogens (tertiary/aromatic N) is 4. The van der Waals surface area contributed by atoms with Gasteiger partial charge in [0.1, 0.15) is 17.1 Å². The third kappa shape index (κ3) is 5.85. The molecular formula is C18H25LiN4O4. The largest absolute Gasteiger partial charge is 1.00 e. The molecule has 0 N–H and O–H groups in total. The quantitative estimate of drug-likeness (QED) is 0.558. The van der Waals surface area contributed by atoms with Gasteiger partial charge < -0.3 is 24.4 Å². The molecule has 27 heavy (non-hydrogen) atoms. The first-order valence-corrected chi connectivity index (χ1v) is 9.01. The van der Waals surface area contributed by atoms with Gasteiger partial charge in [-0.15, -0.1) is 0 Å². The Morgan fingerprint density at radius 2 is 1.96 bits per heavy atom. The van der Waals surface area contributed by atoms with Gasteiger partial charge in [0, 0.05) is 19.6 Å². The summed E-state index contributed by atoms with van der Waals surface area (Å²) in [4.78, 5) is 35.3. The van der Waals surface area contributed by atoms with Crippen molar-refractivity contribution in [1.82, 2.24) is 14.9 Å². The Bertz CT molecular complexity index is 673. The van der Waals surface area contributed by atoms with Crippen LogP contribution < -0.4 is 28.9 Å². The molecule has 1 aliphatic heterocycles. The molecule has 1 aromatic heterocycles. The SMILES string of the molecule is CC(C)(C)OC(=O)N(CC1CC1)[C@@H]1CCN(c2cnc(C(=O)[O-])cn2)C1.[Li+]. The number of carboxylic acid groups (broad SMARTS) is 1. The van der Waals surface area contributed by atoms with Crippen molar-refractivity contribution < 1.29 is 38.3 Å². The van der Waals surface area contributed by atoms with Gasteiger partial charge in [-0.25, -0.2) is 14.8 Å². The molecule has 2 aliphatic rings. The van der Waals surface area contributed by atoms with E-state index < -0.39 is 11.6 Å². The second-order valence-electron chi connectivity index (χ2n) is 8.01. The zero-order valence-electron chi connectivity index (χ0n) is 16.5. The third-order valence-electron chi connectivity index (χ3n) is 4.56. The van der Waals surface area contributed by atoms with Crippen LogP contribution in [-0.2, 0) is 4.74 Å². The van der Waals surface area contributed by atoms with E-state index in [4.69, 9.17) is 4.74 Å². The van der Waals surface area contributed by atoms with Crippen LogP contribution in [0.4, 0.5) is 10.6 Å². The maximum absolute atomic E-state index is 12.7. The van der Waals surface area contributed by atoms with Gasteiger partial charge in [-0.1, -0.05) is 0 Å². The van der Waals surface area contributed by atoms with Crippen LogP contribution in [0.3, 0.4) is 0 Å². The average molecular weight is 368 g/mol. The standard InChI is InChI=1S/C18H26N4O4.Li/c1-18(2,3)26-17(25)22(10-12-4-5-12)13-6-7-21(11-13)15-9-19-14(8-20-15)16(23)24;/h8-9,12-13H,4-7,10-11H2,1-3H3,(H,23,24);/q;+1/p-1/t13-;/m1./s1. The van der Waals surface area contributed by atoms with Crippen molar-refractivity contribution in [3.05, 3.63) is 18.1 Å². The minimum atomic E-state index is -1.34. The van der Waals surface area contributed by atoms with Crippen LogP contribution in [0.5, 0.6) is 0 Å². The van der Waals surface area contributed by atoms with Crippen molar-refractivity contribution >= 4 is 17.9 Å². The molecule has 1 aliphatic carbocycles. The van der Waals surface area contributed by atoms with Crippen LogP contribution in [-0.4, -0.2) is 58.2 Å². The van der Waals surface area contributed by atoms with Gasteiger partial charge in [-0.2, -0.15) is 0 Å². The summed E-state index contributed by atoms with van der Waals surface area (Å²) in [6.07, 6.45) is 5.50. The fraction of sp³-hybridized carbons (Fsp3) is 0.667. The normalized spacial score (nSPS) is 19.4. The monoisotopic (exact) mass is 368 g/mol. The van der Waals surface area contributed by atoms with E-state index in [1.807, 2.05) is 30.6 Å². The number of aromatic carboxylic acids is 1. The van der Waals surface area contributed by atoms with E-state index in [2.05, 4.69) is 9.97 Å². The van der Waals surface area contributed by atoms with E-state index >= 15 is 0 Å². The van der Waals surface area contributed by atoms with Gasteiger partial charge in [0.05, 0.1) is 24.4 Å². The zero-order chi connectivity index (χ0) is 18.9. The molecular weight excluding hydrogens is 343 g/mol. The molecule has 1 saturated carbocycles. The molecule has 8 nitrogen and oxygen atoms in total. The second kappa shape index (κ2) is 8.49. The Morgan fingerprint density at radius 1 is 1.26 bits per heavy atom. The second-order valence-corrected chi connectivity index (χ2v) is 8.01. The summed E-state index contributed by atoms with van der Waals surface area (Å²) in [5.74, 6) is -0.171.